The van der Waals surface area contributed by atoms with Gasteiger partial charge in [-0.05, 0) is 0 Å². The Bertz CT molecular complexity index is 445. The molecule has 1 rings (SSSR count). The molecule has 104 valence electrons. The van der Waals surface area contributed by atoms with Crippen LogP contribution in [-0.4, -0.2) is 52.7 Å². The zero-order chi connectivity index (χ0) is 14.3. The quantitative estimate of drug-likeness (QED) is 0.484. The molecule has 0 aliphatic rings. The number of esters is 1. The first-order valence-corrected chi connectivity index (χ1v) is 5.34. The molecule has 0 saturated heterocycles. The number of imidazole rings is 1. The van der Waals surface area contributed by atoms with Crippen molar-refractivity contribution in [1.82, 2.24) is 20.6 Å². The minimum Gasteiger partial charge on any atom is -0.480 e. The predicted octanol–water partition coefficient (Wildman–Crippen LogP) is -1.12. The van der Waals surface area contributed by atoms with Gasteiger partial charge in [0.25, 0.3) is 0 Å². The molecule has 9 heteroatoms. The Balaban J connectivity index is 2.47. The third-order valence-corrected chi connectivity index (χ3v) is 2.20. The first-order valence-electron chi connectivity index (χ1n) is 5.34. The number of carboxylic acids is 1. The highest BCUT2D eigenvalue weighted by molar-refractivity contribution is 5.85. The van der Waals surface area contributed by atoms with Crippen LogP contribution in [0.3, 0.4) is 0 Å². The minimum atomic E-state index is -1.19. The molecule has 0 radical (unpaired) electrons. The smallest absolute Gasteiger partial charge is 0.326 e. The van der Waals surface area contributed by atoms with Crippen LogP contribution in [0.5, 0.6) is 0 Å². The van der Waals surface area contributed by atoms with Crippen molar-refractivity contribution in [2.75, 3.05) is 13.7 Å². The average Bonchev–Trinajstić information content (AvgIpc) is 2.87. The lowest BCUT2D eigenvalue weighted by molar-refractivity contribution is -0.139. The number of carboxylic acid groups (broad SMARTS) is 1. The number of hydrogen-bond acceptors (Lipinski definition) is 5. The number of H-pyrrole nitrogens is 1. The van der Waals surface area contributed by atoms with E-state index < -0.39 is 24.0 Å². The lowest BCUT2D eigenvalue weighted by atomic mass is 10.2. The number of ether oxygens (including phenoxy) is 1. The second-order valence-corrected chi connectivity index (χ2v) is 3.57. The van der Waals surface area contributed by atoms with E-state index in [1.807, 2.05) is 0 Å². The van der Waals surface area contributed by atoms with Gasteiger partial charge >= 0.3 is 18.0 Å². The Morgan fingerprint density at radius 2 is 2.26 bits per heavy atom. The van der Waals surface area contributed by atoms with Crippen LogP contribution < -0.4 is 10.6 Å². The molecule has 0 aliphatic heterocycles. The highest BCUT2D eigenvalue weighted by Crippen LogP contribution is 1.98. The van der Waals surface area contributed by atoms with Crippen molar-refractivity contribution in [3.63, 3.8) is 0 Å². The van der Waals surface area contributed by atoms with Crippen molar-refractivity contribution in [1.29, 1.82) is 0 Å². The van der Waals surface area contributed by atoms with Gasteiger partial charge in [0.15, 0.2) is 0 Å². The van der Waals surface area contributed by atoms with Gasteiger partial charge in [0.05, 0.1) is 13.4 Å². The Labute approximate surface area is 108 Å². The molecular formula is C10H14N4O5. The number of carbonyl (C=O) groups excluding carboxylic acids is 2. The summed E-state index contributed by atoms with van der Waals surface area (Å²) >= 11 is 0. The topological polar surface area (TPSA) is 133 Å². The molecule has 1 aromatic rings. The number of urea groups is 1. The molecule has 1 aromatic heterocycles. The fourth-order valence-electron chi connectivity index (χ4n) is 1.25. The van der Waals surface area contributed by atoms with Crippen molar-refractivity contribution in [2.45, 2.75) is 12.5 Å². The summed E-state index contributed by atoms with van der Waals surface area (Å²) in [5, 5.41) is 13.4. The van der Waals surface area contributed by atoms with Gasteiger partial charge < -0.3 is 25.5 Å². The molecule has 19 heavy (non-hydrogen) atoms. The van der Waals surface area contributed by atoms with Crippen molar-refractivity contribution in [3.8, 4) is 0 Å². The van der Waals surface area contributed by atoms with Crippen molar-refractivity contribution in [2.24, 2.45) is 0 Å². The third kappa shape index (κ3) is 5.06. The van der Waals surface area contributed by atoms with E-state index in [-0.39, 0.29) is 13.0 Å². The van der Waals surface area contributed by atoms with Crippen molar-refractivity contribution < 1.29 is 24.2 Å². The van der Waals surface area contributed by atoms with E-state index in [9.17, 15) is 14.4 Å². The maximum atomic E-state index is 11.4. The van der Waals surface area contributed by atoms with Crippen LogP contribution in [0.25, 0.3) is 0 Å². The number of methoxy groups -OCH3 is 1. The summed E-state index contributed by atoms with van der Waals surface area (Å²) in [4.78, 5) is 39.7. The molecule has 0 aromatic carbocycles. The predicted molar refractivity (Wildman–Crippen MR) is 62.3 cm³/mol. The van der Waals surface area contributed by atoms with Gasteiger partial charge in [-0.1, -0.05) is 0 Å². The zero-order valence-corrected chi connectivity index (χ0v) is 10.2. The van der Waals surface area contributed by atoms with E-state index in [0.29, 0.717) is 5.69 Å². The largest absolute Gasteiger partial charge is 0.480 e. The summed E-state index contributed by atoms with van der Waals surface area (Å²) in [6.45, 7) is -0.335. The number of aromatic nitrogens is 2. The van der Waals surface area contributed by atoms with E-state index in [2.05, 4.69) is 25.3 Å². The second-order valence-electron chi connectivity index (χ2n) is 3.57. The molecule has 4 N–H and O–H groups in total. The van der Waals surface area contributed by atoms with Gasteiger partial charge in [-0.2, -0.15) is 0 Å². The first kappa shape index (κ1) is 14.5. The van der Waals surface area contributed by atoms with Gasteiger partial charge in [0, 0.05) is 18.3 Å². The summed E-state index contributed by atoms with van der Waals surface area (Å²) in [7, 11) is 1.18. The Kier molecular flexibility index (Phi) is 5.33. The van der Waals surface area contributed by atoms with Crippen LogP contribution >= 0.6 is 0 Å². The number of hydrogen-bond donors (Lipinski definition) is 4. The van der Waals surface area contributed by atoms with E-state index >= 15 is 0 Å². The lowest BCUT2D eigenvalue weighted by Gasteiger charge is -2.13. The van der Waals surface area contributed by atoms with E-state index in [1.165, 1.54) is 19.6 Å². The van der Waals surface area contributed by atoms with Crippen LogP contribution in [0.1, 0.15) is 5.69 Å². The Morgan fingerprint density at radius 1 is 1.53 bits per heavy atom. The second kappa shape index (κ2) is 6.99. The average molecular weight is 270 g/mol. The highest BCUT2D eigenvalue weighted by Gasteiger charge is 2.21. The zero-order valence-electron chi connectivity index (χ0n) is 10.2. The lowest BCUT2D eigenvalue weighted by Crippen LogP contribution is -2.48. The standard InChI is InChI=1S/C10H14N4O5/c1-19-8(15)4-12-10(18)14-7(9(16)17)2-6-3-11-5-13-6/h3,5,7H,2,4H2,1H3,(H,11,13)(H,16,17)(H2,12,14,18). The molecule has 1 heterocycles. The summed E-state index contributed by atoms with van der Waals surface area (Å²) in [5.74, 6) is -1.82. The van der Waals surface area contributed by atoms with Gasteiger partial charge in [-0.25, -0.2) is 14.6 Å². The first-order chi connectivity index (χ1) is 9.02. The van der Waals surface area contributed by atoms with Crippen LogP contribution in [0.4, 0.5) is 4.79 Å². The molecular weight excluding hydrogens is 256 g/mol. The Morgan fingerprint density at radius 3 is 2.79 bits per heavy atom. The van der Waals surface area contributed by atoms with Gasteiger partial charge in [0.1, 0.15) is 12.6 Å². The highest BCUT2D eigenvalue weighted by atomic mass is 16.5. The van der Waals surface area contributed by atoms with Crippen LogP contribution in [0.15, 0.2) is 12.5 Å². The fraction of sp³-hybridized carbons (Fsp3) is 0.400. The molecule has 0 saturated carbocycles. The molecule has 1 unspecified atom stereocenters. The van der Waals surface area contributed by atoms with Gasteiger partial charge in [-0.15, -0.1) is 0 Å². The number of carbonyl (C=O) groups is 3. The summed E-state index contributed by atoms with van der Waals surface area (Å²) in [5.41, 5.74) is 0.570. The van der Waals surface area contributed by atoms with Crippen molar-refractivity contribution >= 4 is 18.0 Å². The number of aliphatic carboxylic acids is 1. The SMILES string of the molecule is COC(=O)CNC(=O)NC(Cc1cnc[nH]1)C(=O)O. The van der Waals surface area contributed by atoms with Crippen molar-refractivity contribution in [3.05, 3.63) is 18.2 Å². The van der Waals surface area contributed by atoms with E-state index in [0.717, 1.165) is 0 Å². The van der Waals surface area contributed by atoms with Gasteiger partial charge in [-0.3, -0.25) is 4.79 Å². The number of nitrogens with zero attached hydrogens (tertiary/aromatic N) is 1. The summed E-state index contributed by atoms with van der Waals surface area (Å²) in [6.07, 6.45) is 2.93. The van der Waals surface area contributed by atoms with Crippen LogP contribution in [-0.2, 0) is 20.7 Å². The molecule has 9 nitrogen and oxygen atoms in total. The third-order valence-electron chi connectivity index (χ3n) is 2.20. The number of rotatable bonds is 6. The Hall–Kier alpha value is -2.58. The summed E-state index contributed by atoms with van der Waals surface area (Å²) < 4.78 is 4.33. The number of amides is 2. The molecule has 2 amide bonds. The fourth-order valence-corrected chi connectivity index (χ4v) is 1.25. The van der Waals surface area contributed by atoms with E-state index in [4.69, 9.17) is 5.11 Å². The molecule has 0 fully saturated rings. The van der Waals surface area contributed by atoms with Gasteiger partial charge in [0.2, 0.25) is 0 Å². The molecule has 1 atom stereocenters. The van der Waals surface area contributed by atoms with Crippen LogP contribution in [0.2, 0.25) is 0 Å². The van der Waals surface area contributed by atoms with E-state index in [1.54, 1.807) is 0 Å². The maximum absolute atomic E-state index is 11.4. The van der Waals surface area contributed by atoms with Crippen LogP contribution in [0, 0.1) is 0 Å². The summed E-state index contributed by atoms with van der Waals surface area (Å²) in [6, 6.07) is -1.89. The molecule has 0 spiro atoms. The normalized spacial score (nSPS) is 11.4. The number of aromatic amines is 1. The maximum Gasteiger partial charge on any atom is 0.326 e. The monoisotopic (exact) mass is 270 g/mol. The molecule has 0 bridgehead atoms. The minimum absolute atomic E-state index is 0.0565. The number of nitrogens with one attached hydrogen (secondary N) is 3. The molecule has 0 aliphatic carbocycles.